The fraction of sp³-hybridized carbons (Fsp3) is 0.0833. The summed E-state index contributed by atoms with van der Waals surface area (Å²) in [6, 6.07) is 28.0. The van der Waals surface area contributed by atoms with Gasteiger partial charge >= 0.3 is 0 Å². The third kappa shape index (κ3) is 3.23. The molecule has 3 aromatic carbocycles. The van der Waals surface area contributed by atoms with Gasteiger partial charge in [-0.15, -0.1) is 0 Å². The number of fused-ring (bicyclic) bond motifs is 1. The van der Waals surface area contributed by atoms with Crippen molar-refractivity contribution >= 4 is 18.2 Å². The molecule has 0 spiro atoms. The molecule has 1 aliphatic rings. The first kappa shape index (κ1) is 14.7. The average Bonchev–Trinajstić information content (AvgIpc) is 2.67. The van der Waals surface area contributed by atoms with Crippen molar-refractivity contribution in [3.8, 4) is 0 Å². The van der Waals surface area contributed by atoms with E-state index in [2.05, 4.69) is 97.1 Å². The molecule has 0 heteroatoms. The molecule has 0 N–H and O–H groups in total. The lowest BCUT2D eigenvalue weighted by atomic mass is 9.85. The number of allylic oxidation sites excluding steroid dienone is 1. The molecular weight excluding hydrogens is 288 g/mol. The molecule has 0 bridgehead atoms. The first-order valence-electron chi connectivity index (χ1n) is 8.48. The van der Waals surface area contributed by atoms with Crippen molar-refractivity contribution < 1.29 is 0 Å². The minimum absolute atomic E-state index is 0.479. The van der Waals surface area contributed by atoms with Crippen LogP contribution in [-0.4, -0.2) is 0 Å². The van der Waals surface area contributed by atoms with Crippen LogP contribution in [0.1, 0.15) is 33.7 Å². The van der Waals surface area contributed by atoms with E-state index < -0.39 is 0 Å². The van der Waals surface area contributed by atoms with Crippen molar-refractivity contribution in [3.05, 3.63) is 113 Å². The fourth-order valence-electron chi connectivity index (χ4n) is 3.25. The van der Waals surface area contributed by atoms with Crippen molar-refractivity contribution in [3.63, 3.8) is 0 Å². The molecule has 0 heterocycles. The van der Waals surface area contributed by atoms with E-state index in [1.165, 1.54) is 27.8 Å². The maximum Gasteiger partial charge on any atom is 0.00619 e. The summed E-state index contributed by atoms with van der Waals surface area (Å²) in [7, 11) is 0. The van der Waals surface area contributed by atoms with E-state index in [4.69, 9.17) is 0 Å². The summed E-state index contributed by atoms with van der Waals surface area (Å²) < 4.78 is 0. The molecule has 0 aliphatic heterocycles. The lowest BCUT2D eigenvalue weighted by Crippen LogP contribution is -2.05. The van der Waals surface area contributed by atoms with E-state index in [1.807, 2.05) is 6.07 Å². The maximum absolute atomic E-state index is 2.33. The van der Waals surface area contributed by atoms with Crippen LogP contribution in [0.2, 0.25) is 0 Å². The Kier molecular flexibility index (Phi) is 4.12. The Balaban J connectivity index is 1.50. The Morgan fingerprint density at radius 2 is 1.33 bits per heavy atom. The van der Waals surface area contributed by atoms with Crippen LogP contribution in [0, 0.1) is 0 Å². The van der Waals surface area contributed by atoms with Crippen LogP contribution in [0.25, 0.3) is 18.2 Å². The van der Waals surface area contributed by atoms with Gasteiger partial charge in [0.25, 0.3) is 0 Å². The summed E-state index contributed by atoms with van der Waals surface area (Å²) in [5.41, 5.74) is 6.66. The predicted molar refractivity (Wildman–Crippen MR) is 104 cm³/mol. The summed E-state index contributed by atoms with van der Waals surface area (Å²) >= 11 is 0. The van der Waals surface area contributed by atoms with Crippen LogP contribution in [0.4, 0.5) is 0 Å². The standard InChI is InChI=1S/C24H20/c1-2-6-19(7-3-1)10-11-20-12-14-22(15-13-20)24-17-16-21-8-4-5-9-23(21)18-24/h1-17,24H,18H2. The van der Waals surface area contributed by atoms with Crippen molar-refractivity contribution in [2.24, 2.45) is 0 Å². The minimum Gasteiger partial charge on any atom is -0.0761 e. The van der Waals surface area contributed by atoms with Crippen molar-refractivity contribution in [1.29, 1.82) is 0 Å². The Labute approximate surface area is 143 Å². The normalized spacial score (nSPS) is 16.2. The molecule has 1 aliphatic carbocycles. The Morgan fingerprint density at radius 1 is 0.667 bits per heavy atom. The molecule has 0 aromatic heterocycles. The van der Waals surface area contributed by atoms with Gasteiger partial charge in [0.2, 0.25) is 0 Å². The molecule has 116 valence electrons. The second-order valence-corrected chi connectivity index (χ2v) is 6.28. The van der Waals surface area contributed by atoms with Crippen molar-refractivity contribution in [2.75, 3.05) is 0 Å². The third-order valence-electron chi connectivity index (χ3n) is 4.64. The molecular formula is C24H20. The van der Waals surface area contributed by atoms with Gasteiger partial charge in [0, 0.05) is 5.92 Å². The minimum atomic E-state index is 0.479. The lowest BCUT2D eigenvalue weighted by Gasteiger charge is -2.19. The molecule has 0 saturated heterocycles. The zero-order valence-corrected chi connectivity index (χ0v) is 13.6. The first-order valence-corrected chi connectivity index (χ1v) is 8.48. The summed E-state index contributed by atoms with van der Waals surface area (Å²) in [5, 5.41) is 0. The highest BCUT2D eigenvalue weighted by molar-refractivity contribution is 5.69. The smallest absolute Gasteiger partial charge is 0.00619 e. The van der Waals surface area contributed by atoms with E-state index >= 15 is 0 Å². The van der Waals surface area contributed by atoms with E-state index in [1.54, 1.807) is 0 Å². The summed E-state index contributed by atoms with van der Waals surface area (Å²) in [4.78, 5) is 0. The Morgan fingerprint density at radius 3 is 2.12 bits per heavy atom. The third-order valence-corrected chi connectivity index (χ3v) is 4.64. The highest BCUT2D eigenvalue weighted by atomic mass is 14.2. The molecule has 1 atom stereocenters. The Hall–Kier alpha value is -2.86. The molecule has 0 nitrogen and oxygen atoms in total. The highest BCUT2D eigenvalue weighted by Gasteiger charge is 2.14. The maximum atomic E-state index is 2.33. The van der Waals surface area contributed by atoms with E-state index in [0.717, 1.165) is 6.42 Å². The van der Waals surface area contributed by atoms with Gasteiger partial charge in [-0.1, -0.05) is 103 Å². The van der Waals surface area contributed by atoms with Gasteiger partial charge < -0.3 is 0 Å². The van der Waals surface area contributed by atoms with Crippen LogP contribution in [0.3, 0.4) is 0 Å². The van der Waals surface area contributed by atoms with Crippen LogP contribution in [0.15, 0.2) is 84.9 Å². The van der Waals surface area contributed by atoms with E-state index in [-0.39, 0.29) is 0 Å². The van der Waals surface area contributed by atoms with Gasteiger partial charge in [0.1, 0.15) is 0 Å². The van der Waals surface area contributed by atoms with Gasteiger partial charge in [-0.2, -0.15) is 0 Å². The van der Waals surface area contributed by atoms with Crippen LogP contribution in [0.5, 0.6) is 0 Å². The monoisotopic (exact) mass is 308 g/mol. The SMILES string of the molecule is C(=Cc1ccc(C2C=Cc3ccccc3C2)cc1)c1ccccc1. The second kappa shape index (κ2) is 6.72. The van der Waals surface area contributed by atoms with Crippen LogP contribution < -0.4 is 0 Å². The zero-order valence-electron chi connectivity index (χ0n) is 13.6. The summed E-state index contributed by atoms with van der Waals surface area (Å²) in [5.74, 6) is 0.479. The molecule has 0 saturated carbocycles. The van der Waals surface area contributed by atoms with E-state index in [9.17, 15) is 0 Å². The second-order valence-electron chi connectivity index (χ2n) is 6.28. The number of hydrogen-bond acceptors (Lipinski definition) is 0. The quantitative estimate of drug-likeness (QED) is 0.505. The highest BCUT2D eigenvalue weighted by Crippen LogP contribution is 2.30. The largest absolute Gasteiger partial charge is 0.0761 e. The molecule has 0 amide bonds. The topological polar surface area (TPSA) is 0 Å². The molecule has 3 aromatic rings. The van der Waals surface area contributed by atoms with Crippen LogP contribution >= 0.6 is 0 Å². The molecule has 4 rings (SSSR count). The van der Waals surface area contributed by atoms with E-state index in [0.29, 0.717) is 5.92 Å². The Bertz CT molecular complexity index is 867. The molecule has 1 unspecified atom stereocenters. The summed E-state index contributed by atoms with van der Waals surface area (Å²) in [6.07, 6.45) is 10.0. The fourth-order valence-corrected chi connectivity index (χ4v) is 3.25. The van der Waals surface area contributed by atoms with Crippen LogP contribution in [-0.2, 0) is 6.42 Å². The lowest BCUT2D eigenvalue weighted by molar-refractivity contribution is 0.827. The molecule has 0 fully saturated rings. The van der Waals surface area contributed by atoms with Crippen molar-refractivity contribution in [2.45, 2.75) is 12.3 Å². The summed E-state index contributed by atoms with van der Waals surface area (Å²) in [6.45, 7) is 0. The number of benzene rings is 3. The first-order chi connectivity index (χ1) is 11.9. The molecule has 0 radical (unpaired) electrons. The van der Waals surface area contributed by atoms with Gasteiger partial charge in [0.15, 0.2) is 0 Å². The predicted octanol–water partition coefficient (Wildman–Crippen LogP) is 6.21. The number of hydrogen-bond donors (Lipinski definition) is 0. The number of rotatable bonds is 3. The average molecular weight is 308 g/mol. The molecule has 24 heavy (non-hydrogen) atoms. The zero-order chi connectivity index (χ0) is 16.2. The van der Waals surface area contributed by atoms with Gasteiger partial charge in [-0.25, -0.2) is 0 Å². The van der Waals surface area contributed by atoms with Crippen molar-refractivity contribution in [1.82, 2.24) is 0 Å². The van der Waals surface area contributed by atoms with Gasteiger partial charge in [-0.05, 0) is 34.2 Å². The van der Waals surface area contributed by atoms with Gasteiger partial charge in [-0.3, -0.25) is 0 Å². The van der Waals surface area contributed by atoms with Gasteiger partial charge in [0.05, 0.1) is 0 Å².